The van der Waals surface area contributed by atoms with E-state index in [9.17, 15) is 0 Å². The maximum atomic E-state index is 8.67. The van der Waals surface area contributed by atoms with Gasteiger partial charge < -0.3 is 23.1 Å². The molecule has 0 aromatic rings. The first-order chi connectivity index (χ1) is 22.7. The Bertz CT molecular complexity index is 340. The van der Waals surface area contributed by atoms with Crippen LogP contribution in [0.5, 0.6) is 0 Å². The van der Waals surface area contributed by atoms with Crippen molar-refractivity contribution in [1.29, 1.82) is 0 Å². The molecule has 0 spiro atoms. The molecular weight excluding hydrogens is 600 g/mol. The van der Waals surface area contributed by atoms with E-state index in [1.54, 1.807) is 0 Å². The summed E-state index contributed by atoms with van der Waals surface area (Å²) in [6.45, 7) is 13.3. The summed E-state index contributed by atoms with van der Waals surface area (Å²) in [7, 11) is 0. The second-order valence-corrected chi connectivity index (χ2v) is 13.2. The van der Waals surface area contributed by atoms with E-state index in [4.69, 9.17) is 13.5 Å². The molecule has 0 radical (unpaired) electrons. The molecular formula is C42H90O3Ti. The predicted molar refractivity (Wildman–Crippen MR) is 205 cm³/mol. The molecule has 280 valence electrons. The van der Waals surface area contributed by atoms with Crippen LogP contribution in [-0.4, -0.2) is 23.4 Å². The Kier molecular flexibility index (Phi) is 82.0. The first kappa shape index (κ1) is 55.8. The number of aliphatic hydroxyl groups excluding tert-OH is 2. The van der Waals surface area contributed by atoms with Crippen molar-refractivity contribution >= 4 is 0 Å². The van der Waals surface area contributed by atoms with Gasteiger partial charge in [-0.2, -0.15) is 27.7 Å². The van der Waals surface area contributed by atoms with Crippen molar-refractivity contribution in [2.75, 3.05) is 13.2 Å². The van der Waals surface area contributed by atoms with Gasteiger partial charge in [-0.25, -0.2) is 0 Å². The van der Waals surface area contributed by atoms with E-state index < -0.39 is 0 Å². The summed E-state index contributed by atoms with van der Waals surface area (Å²) in [5.41, 5.74) is 0. The van der Waals surface area contributed by atoms with Crippen LogP contribution in [-0.2, 0) is 23.7 Å². The third-order valence-electron chi connectivity index (χ3n) is 8.02. The predicted octanol–water partition coefficient (Wildman–Crippen LogP) is 14.8. The molecule has 0 saturated carbocycles. The Morgan fingerprint density at radius 2 is 0.413 bits per heavy atom. The number of hydrogen-bond donors (Lipinski definition) is 2. The van der Waals surface area contributed by atoms with Crippen molar-refractivity contribution in [3.05, 3.63) is 12.8 Å². The first-order valence-corrected chi connectivity index (χ1v) is 21.2. The third-order valence-corrected chi connectivity index (χ3v) is 8.02. The standard InChI is InChI=1S/2C18H38O.2C3H7.O.Ti/c2*1-2-3-4-5-6-7-8-9-10-11-12-13-14-15-16-17-18-19;2*1-3-2;;/h2*19H,2-18H2,1H3;2*3H,1-2H3;;/q;;2*-1;;+2. The van der Waals surface area contributed by atoms with Gasteiger partial charge in [0.05, 0.1) is 0 Å². The van der Waals surface area contributed by atoms with Gasteiger partial charge >= 0.3 is 23.7 Å². The molecule has 0 rings (SSSR count). The minimum atomic E-state index is 0.373. The van der Waals surface area contributed by atoms with Gasteiger partial charge in [0, 0.05) is 13.2 Å². The van der Waals surface area contributed by atoms with Gasteiger partial charge in [0.1, 0.15) is 0 Å². The molecule has 2 N–H and O–H groups in total. The maximum absolute atomic E-state index is 8.67. The normalized spacial score (nSPS) is 10.0. The number of hydrogen-bond acceptors (Lipinski definition) is 3. The Balaban J connectivity index is -0.000000198. The van der Waals surface area contributed by atoms with E-state index in [-0.39, 0.29) is 0 Å². The van der Waals surface area contributed by atoms with Crippen molar-refractivity contribution in [3.63, 3.8) is 0 Å². The second kappa shape index (κ2) is 67.6. The van der Waals surface area contributed by atoms with E-state index in [1.807, 2.05) is 40.5 Å². The molecule has 0 aliphatic carbocycles. The van der Waals surface area contributed by atoms with E-state index in [0.29, 0.717) is 13.2 Å². The SMILES string of the molecule is CCCCCCCCCCCCCCCCCCO.CCCCCCCCCCCCCCCCCCO.C[CH-]C.C[CH-]C.[O]=[Ti+2]. The number of rotatable bonds is 32. The molecule has 0 saturated heterocycles. The zero-order chi connectivity index (χ0) is 35.5. The first-order valence-electron chi connectivity index (χ1n) is 20.6. The van der Waals surface area contributed by atoms with Crippen LogP contribution in [0.1, 0.15) is 247 Å². The van der Waals surface area contributed by atoms with E-state index in [1.165, 1.54) is 193 Å². The van der Waals surface area contributed by atoms with Crippen LogP contribution in [0.4, 0.5) is 0 Å². The topological polar surface area (TPSA) is 57.5 Å². The summed E-state index contributed by atoms with van der Waals surface area (Å²) in [6, 6.07) is 0. The molecule has 0 aromatic carbocycles. The van der Waals surface area contributed by atoms with Crippen LogP contribution >= 0.6 is 0 Å². The summed E-state index contributed by atoms with van der Waals surface area (Å²) < 4.78 is 8.25. The molecule has 0 aromatic heterocycles. The Morgan fingerprint density at radius 3 is 0.522 bits per heavy atom. The monoisotopic (exact) mass is 691 g/mol. The molecule has 0 heterocycles. The van der Waals surface area contributed by atoms with Crippen LogP contribution in [0.2, 0.25) is 0 Å². The Hall–Kier alpha value is 0.434. The van der Waals surface area contributed by atoms with Crippen LogP contribution in [0.3, 0.4) is 0 Å². The summed E-state index contributed by atoms with van der Waals surface area (Å²) in [6.07, 6.45) is 48.3. The number of unbranched alkanes of at least 4 members (excludes halogenated alkanes) is 30. The fraction of sp³-hybridized carbons (Fsp3) is 0.952. The zero-order valence-corrected chi connectivity index (χ0v) is 34.6. The zero-order valence-electron chi connectivity index (χ0n) is 33.0. The van der Waals surface area contributed by atoms with Crippen molar-refractivity contribution in [2.45, 2.75) is 247 Å². The Labute approximate surface area is 305 Å². The van der Waals surface area contributed by atoms with E-state index >= 15 is 0 Å². The quantitative estimate of drug-likeness (QED) is 0.0420. The Morgan fingerprint density at radius 1 is 0.304 bits per heavy atom. The van der Waals surface area contributed by atoms with E-state index in [0.717, 1.165) is 33.2 Å². The summed E-state index contributed by atoms with van der Waals surface area (Å²) in [4.78, 5) is 0. The van der Waals surface area contributed by atoms with Gasteiger partial charge in [-0.3, -0.25) is 0 Å². The van der Waals surface area contributed by atoms with Crippen molar-refractivity contribution in [2.24, 2.45) is 0 Å². The van der Waals surface area contributed by atoms with Crippen molar-refractivity contribution in [1.82, 2.24) is 0 Å². The van der Waals surface area contributed by atoms with Gasteiger partial charge in [0.25, 0.3) is 0 Å². The van der Waals surface area contributed by atoms with Gasteiger partial charge in [-0.15, -0.1) is 0 Å². The minimum absolute atomic E-state index is 0.373. The van der Waals surface area contributed by atoms with Gasteiger partial charge in [-0.05, 0) is 12.8 Å². The number of aliphatic hydroxyl groups is 2. The molecule has 0 fully saturated rings. The average Bonchev–Trinajstić information content (AvgIpc) is 3.07. The second-order valence-electron chi connectivity index (χ2n) is 13.2. The average molecular weight is 691 g/mol. The molecule has 46 heavy (non-hydrogen) atoms. The molecule has 0 atom stereocenters. The molecule has 0 aliphatic rings. The van der Waals surface area contributed by atoms with Crippen molar-refractivity contribution < 1.29 is 33.9 Å². The molecule has 3 nitrogen and oxygen atoms in total. The van der Waals surface area contributed by atoms with E-state index in [2.05, 4.69) is 13.8 Å². The van der Waals surface area contributed by atoms with Crippen LogP contribution in [0.25, 0.3) is 0 Å². The van der Waals surface area contributed by atoms with Gasteiger partial charge in [0.2, 0.25) is 0 Å². The van der Waals surface area contributed by atoms with Crippen LogP contribution < -0.4 is 0 Å². The molecule has 0 unspecified atom stereocenters. The summed E-state index contributed by atoms with van der Waals surface area (Å²) >= 11 is 0.750. The molecule has 4 heteroatoms. The fourth-order valence-electron chi connectivity index (χ4n) is 5.32. The summed E-state index contributed by atoms with van der Waals surface area (Å²) in [5.74, 6) is 0. The van der Waals surface area contributed by atoms with Crippen molar-refractivity contribution in [3.8, 4) is 0 Å². The fourth-order valence-corrected chi connectivity index (χ4v) is 5.32. The van der Waals surface area contributed by atoms with Gasteiger partial charge in [0.15, 0.2) is 0 Å². The molecule has 0 aliphatic heterocycles. The van der Waals surface area contributed by atoms with Gasteiger partial charge in [-0.1, -0.05) is 206 Å². The third kappa shape index (κ3) is 79.7. The van der Waals surface area contributed by atoms with Crippen LogP contribution in [0, 0.1) is 12.8 Å². The van der Waals surface area contributed by atoms with Crippen LogP contribution in [0.15, 0.2) is 0 Å². The summed E-state index contributed by atoms with van der Waals surface area (Å²) in [5, 5.41) is 17.3. The molecule has 0 bridgehead atoms. The molecule has 0 amide bonds.